The van der Waals surface area contributed by atoms with Crippen molar-refractivity contribution in [3.05, 3.63) is 16.1 Å². The van der Waals surface area contributed by atoms with Gasteiger partial charge in [0.25, 0.3) is 0 Å². The van der Waals surface area contributed by atoms with E-state index in [2.05, 4.69) is 27.0 Å². The molecule has 2 aliphatic rings. The molecule has 1 unspecified atom stereocenters. The smallest absolute Gasteiger partial charge is 0.0798 e. The van der Waals surface area contributed by atoms with Gasteiger partial charge < -0.3 is 5.32 Å². The molecule has 3 rings (SSSR count). The molecule has 1 atom stereocenters. The number of hydrogen-bond acceptors (Lipinski definition) is 5. The summed E-state index contributed by atoms with van der Waals surface area (Å²) in [6.07, 6.45) is 1.33. The zero-order chi connectivity index (χ0) is 12.4. The second-order valence-corrected chi connectivity index (χ2v) is 6.26. The molecule has 0 bridgehead atoms. The fraction of sp³-hybridized carbons (Fsp3) is 0.769. The molecule has 2 aliphatic heterocycles. The van der Waals surface area contributed by atoms with Crippen LogP contribution in [0.2, 0.25) is 0 Å². The van der Waals surface area contributed by atoms with E-state index in [4.69, 9.17) is 0 Å². The molecule has 1 aromatic heterocycles. The molecule has 0 spiro atoms. The Bertz CT molecular complexity index is 392. The van der Waals surface area contributed by atoms with Crippen molar-refractivity contribution in [1.29, 1.82) is 0 Å². The van der Waals surface area contributed by atoms with E-state index in [0.29, 0.717) is 0 Å². The van der Waals surface area contributed by atoms with E-state index in [0.717, 1.165) is 25.7 Å². The van der Waals surface area contributed by atoms with Crippen LogP contribution in [0.1, 0.15) is 17.0 Å². The van der Waals surface area contributed by atoms with Crippen LogP contribution in [0.25, 0.3) is 0 Å². The third-order valence-electron chi connectivity index (χ3n) is 4.13. The molecule has 0 aromatic carbocycles. The molecule has 0 radical (unpaired) electrons. The van der Waals surface area contributed by atoms with Crippen LogP contribution < -0.4 is 5.32 Å². The first-order valence-electron chi connectivity index (χ1n) is 6.89. The van der Waals surface area contributed by atoms with Crippen LogP contribution in [-0.4, -0.2) is 60.1 Å². The number of rotatable bonds is 3. The van der Waals surface area contributed by atoms with Gasteiger partial charge in [0, 0.05) is 56.7 Å². The molecule has 0 amide bonds. The lowest BCUT2D eigenvalue weighted by molar-refractivity contribution is 0.170. The highest BCUT2D eigenvalue weighted by atomic mass is 35.5. The van der Waals surface area contributed by atoms with Crippen LogP contribution >= 0.6 is 23.7 Å². The molecular weight excluding hydrogens is 280 g/mol. The van der Waals surface area contributed by atoms with Crippen LogP contribution in [0, 0.1) is 6.92 Å². The minimum atomic E-state index is 0. The van der Waals surface area contributed by atoms with Crippen molar-refractivity contribution in [3.63, 3.8) is 0 Å². The molecule has 0 saturated carbocycles. The lowest BCUT2D eigenvalue weighted by atomic mass is 10.2. The van der Waals surface area contributed by atoms with Gasteiger partial charge >= 0.3 is 0 Å². The number of aromatic nitrogens is 1. The minimum Gasteiger partial charge on any atom is -0.314 e. The Labute approximate surface area is 125 Å². The van der Waals surface area contributed by atoms with Crippen molar-refractivity contribution < 1.29 is 0 Å². The summed E-state index contributed by atoms with van der Waals surface area (Å²) in [5.41, 5.74) is 3.18. The first-order valence-corrected chi connectivity index (χ1v) is 7.77. The van der Waals surface area contributed by atoms with Gasteiger partial charge in [0.05, 0.1) is 11.2 Å². The van der Waals surface area contributed by atoms with E-state index in [1.807, 2.05) is 5.51 Å². The Kier molecular flexibility index (Phi) is 5.59. The van der Waals surface area contributed by atoms with Gasteiger partial charge in [-0.1, -0.05) is 0 Å². The van der Waals surface area contributed by atoms with Crippen molar-refractivity contribution in [1.82, 2.24) is 20.1 Å². The maximum absolute atomic E-state index is 4.34. The first kappa shape index (κ1) is 15.2. The molecule has 3 heterocycles. The van der Waals surface area contributed by atoms with Gasteiger partial charge in [-0.15, -0.1) is 23.7 Å². The van der Waals surface area contributed by atoms with E-state index < -0.39 is 0 Å². The predicted molar refractivity (Wildman–Crippen MR) is 82.2 cm³/mol. The van der Waals surface area contributed by atoms with Gasteiger partial charge in [0.1, 0.15) is 0 Å². The summed E-state index contributed by atoms with van der Waals surface area (Å²) in [5, 5.41) is 3.43. The van der Waals surface area contributed by atoms with Crippen LogP contribution in [0.4, 0.5) is 0 Å². The van der Waals surface area contributed by atoms with Crippen molar-refractivity contribution in [3.8, 4) is 0 Å². The highest BCUT2D eigenvalue weighted by Gasteiger charge is 2.28. The SMILES string of the molecule is Cc1ncsc1CN1CCC(N2CCNCC2)C1.Cl. The summed E-state index contributed by atoms with van der Waals surface area (Å²) in [6.45, 7) is 10.4. The second kappa shape index (κ2) is 6.99. The van der Waals surface area contributed by atoms with Gasteiger partial charge in [-0.2, -0.15) is 0 Å². The molecular formula is C13H23ClN4S. The van der Waals surface area contributed by atoms with Crippen molar-refractivity contribution in [2.45, 2.75) is 25.9 Å². The summed E-state index contributed by atoms with van der Waals surface area (Å²) in [5.74, 6) is 0. The summed E-state index contributed by atoms with van der Waals surface area (Å²) < 4.78 is 0. The molecule has 2 fully saturated rings. The molecule has 4 nitrogen and oxygen atoms in total. The summed E-state index contributed by atoms with van der Waals surface area (Å²) >= 11 is 1.80. The highest BCUT2D eigenvalue weighted by molar-refractivity contribution is 7.09. The molecule has 2 saturated heterocycles. The van der Waals surface area contributed by atoms with E-state index in [9.17, 15) is 0 Å². The molecule has 108 valence electrons. The van der Waals surface area contributed by atoms with Gasteiger partial charge in [-0.25, -0.2) is 4.98 Å². The first-order chi connectivity index (χ1) is 8.83. The van der Waals surface area contributed by atoms with Gasteiger partial charge in [0.15, 0.2) is 0 Å². The van der Waals surface area contributed by atoms with Gasteiger partial charge in [-0.05, 0) is 13.3 Å². The lowest BCUT2D eigenvalue weighted by Gasteiger charge is -2.32. The Morgan fingerprint density at radius 3 is 2.84 bits per heavy atom. The van der Waals surface area contributed by atoms with Crippen molar-refractivity contribution >= 4 is 23.7 Å². The maximum Gasteiger partial charge on any atom is 0.0798 e. The summed E-state index contributed by atoms with van der Waals surface area (Å²) in [6, 6.07) is 0.778. The molecule has 6 heteroatoms. The summed E-state index contributed by atoms with van der Waals surface area (Å²) in [7, 11) is 0. The standard InChI is InChI=1S/C13H22N4S.ClH/c1-11-13(18-10-15-11)9-16-5-2-12(8-16)17-6-3-14-4-7-17;/h10,12,14H,2-9H2,1H3;1H. The molecule has 1 aromatic rings. The fourth-order valence-electron chi connectivity index (χ4n) is 2.98. The normalized spacial score (nSPS) is 25.4. The maximum atomic E-state index is 4.34. The summed E-state index contributed by atoms with van der Waals surface area (Å²) in [4.78, 5) is 11.0. The topological polar surface area (TPSA) is 31.4 Å². The zero-order valence-corrected chi connectivity index (χ0v) is 13.1. The molecule has 19 heavy (non-hydrogen) atoms. The molecule has 1 N–H and O–H groups in total. The van der Waals surface area contributed by atoms with Crippen LogP contribution in [0.15, 0.2) is 5.51 Å². The largest absolute Gasteiger partial charge is 0.314 e. The minimum absolute atomic E-state index is 0. The average Bonchev–Trinajstić information content (AvgIpc) is 3.02. The zero-order valence-electron chi connectivity index (χ0n) is 11.5. The number of thiazole rings is 1. The number of aryl methyl sites for hydroxylation is 1. The highest BCUT2D eigenvalue weighted by Crippen LogP contribution is 2.21. The van der Waals surface area contributed by atoms with E-state index in [-0.39, 0.29) is 12.4 Å². The number of hydrogen-bond donors (Lipinski definition) is 1. The van der Waals surface area contributed by atoms with Crippen molar-refractivity contribution in [2.24, 2.45) is 0 Å². The number of nitrogens with one attached hydrogen (secondary N) is 1. The third kappa shape index (κ3) is 3.67. The number of nitrogens with zero attached hydrogens (tertiary/aromatic N) is 3. The van der Waals surface area contributed by atoms with E-state index in [1.165, 1.54) is 43.2 Å². The van der Waals surface area contributed by atoms with E-state index >= 15 is 0 Å². The van der Waals surface area contributed by atoms with Crippen LogP contribution in [-0.2, 0) is 6.54 Å². The predicted octanol–water partition coefficient (Wildman–Crippen LogP) is 1.35. The monoisotopic (exact) mass is 302 g/mol. The number of halogens is 1. The molecule has 0 aliphatic carbocycles. The van der Waals surface area contributed by atoms with Crippen LogP contribution in [0.5, 0.6) is 0 Å². The number of likely N-dealkylation sites (tertiary alicyclic amines) is 1. The Morgan fingerprint density at radius 2 is 2.16 bits per heavy atom. The van der Waals surface area contributed by atoms with Gasteiger partial charge in [0.2, 0.25) is 0 Å². The van der Waals surface area contributed by atoms with Crippen LogP contribution in [0.3, 0.4) is 0 Å². The lowest BCUT2D eigenvalue weighted by Crippen LogP contribution is -2.49. The fourth-order valence-corrected chi connectivity index (χ4v) is 3.80. The average molecular weight is 303 g/mol. The second-order valence-electron chi connectivity index (χ2n) is 5.32. The Balaban J connectivity index is 0.00000133. The third-order valence-corrected chi connectivity index (χ3v) is 5.05. The van der Waals surface area contributed by atoms with Crippen molar-refractivity contribution in [2.75, 3.05) is 39.3 Å². The quantitative estimate of drug-likeness (QED) is 0.913. The van der Waals surface area contributed by atoms with E-state index in [1.54, 1.807) is 11.3 Å². The Hall–Kier alpha value is -0.200. The van der Waals surface area contributed by atoms with Gasteiger partial charge in [-0.3, -0.25) is 9.80 Å². The number of piperazine rings is 1. The Morgan fingerprint density at radius 1 is 1.37 bits per heavy atom.